The van der Waals surface area contributed by atoms with Gasteiger partial charge in [0.05, 0.1) is 6.61 Å². The Morgan fingerprint density at radius 3 is 2.00 bits per heavy atom. The molecule has 94 valence electrons. The molecule has 0 fully saturated rings. The average molecular weight is 228 g/mol. The standard InChI is InChI=1S/C13H24O3/c14-12-10-8-6-4-2-1-3-5-7-9-11-13(15)16/h8,10,14H,1-7,9,11-12H2,(H,15,16)/b10-8-. The van der Waals surface area contributed by atoms with Gasteiger partial charge in [0.1, 0.15) is 0 Å². The zero-order valence-corrected chi connectivity index (χ0v) is 10.0. The van der Waals surface area contributed by atoms with Crippen molar-refractivity contribution in [1.29, 1.82) is 0 Å². The van der Waals surface area contributed by atoms with Crippen molar-refractivity contribution in [2.75, 3.05) is 6.61 Å². The van der Waals surface area contributed by atoms with E-state index in [1.54, 1.807) is 6.08 Å². The van der Waals surface area contributed by atoms with Gasteiger partial charge in [-0.1, -0.05) is 44.3 Å². The monoisotopic (exact) mass is 228 g/mol. The van der Waals surface area contributed by atoms with Gasteiger partial charge in [-0.2, -0.15) is 0 Å². The maximum atomic E-state index is 10.2. The second-order valence-electron chi connectivity index (χ2n) is 4.06. The molecule has 0 amide bonds. The number of unbranched alkanes of at least 4 members (excludes halogenated alkanes) is 7. The predicted octanol–water partition coefficient (Wildman–Crippen LogP) is 3.13. The van der Waals surface area contributed by atoms with E-state index in [-0.39, 0.29) is 6.61 Å². The highest BCUT2D eigenvalue weighted by Crippen LogP contribution is 2.09. The highest BCUT2D eigenvalue weighted by atomic mass is 16.4. The van der Waals surface area contributed by atoms with Gasteiger partial charge in [0, 0.05) is 6.42 Å². The Labute approximate surface area is 98.2 Å². The lowest BCUT2D eigenvalue weighted by Crippen LogP contribution is -1.93. The Hall–Kier alpha value is -0.830. The van der Waals surface area contributed by atoms with Crippen LogP contribution in [0.1, 0.15) is 57.8 Å². The summed E-state index contributed by atoms with van der Waals surface area (Å²) in [7, 11) is 0. The van der Waals surface area contributed by atoms with Crippen molar-refractivity contribution in [2.45, 2.75) is 57.8 Å². The van der Waals surface area contributed by atoms with Crippen LogP contribution in [-0.4, -0.2) is 22.8 Å². The maximum absolute atomic E-state index is 10.2. The second-order valence-corrected chi connectivity index (χ2v) is 4.06. The van der Waals surface area contributed by atoms with Crippen LogP contribution in [0.5, 0.6) is 0 Å². The first-order chi connectivity index (χ1) is 7.77. The van der Waals surface area contributed by atoms with E-state index in [0.29, 0.717) is 6.42 Å². The van der Waals surface area contributed by atoms with Crippen LogP contribution in [0, 0.1) is 0 Å². The van der Waals surface area contributed by atoms with Gasteiger partial charge in [0.25, 0.3) is 0 Å². The van der Waals surface area contributed by atoms with Crippen molar-refractivity contribution in [1.82, 2.24) is 0 Å². The zero-order valence-electron chi connectivity index (χ0n) is 10.0. The maximum Gasteiger partial charge on any atom is 0.303 e. The lowest BCUT2D eigenvalue weighted by molar-refractivity contribution is -0.137. The lowest BCUT2D eigenvalue weighted by Gasteiger charge is -1.99. The summed E-state index contributed by atoms with van der Waals surface area (Å²) in [5.41, 5.74) is 0. The van der Waals surface area contributed by atoms with Crippen molar-refractivity contribution >= 4 is 5.97 Å². The van der Waals surface area contributed by atoms with Crippen molar-refractivity contribution in [3.05, 3.63) is 12.2 Å². The van der Waals surface area contributed by atoms with E-state index >= 15 is 0 Å². The predicted molar refractivity (Wildman–Crippen MR) is 65.4 cm³/mol. The minimum atomic E-state index is -0.685. The average Bonchev–Trinajstić information content (AvgIpc) is 2.25. The highest BCUT2D eigenvalue weighted by Gasteiger charge is 1.96. The van der Waals surface area contributed by atoms with Crippen molar-refractivity contribution < 1.29 is 15.0 Å². The fourth-order valence-electron chi connectivity index (χ4n) is 1.61. The summed E-state index contributed by atoms with van der Waals surface area (Å²) in [6, 6.07) is 0. The molecule has 0 radical (unpaired) electrons. The Morgan fingerprint density at radius 2 is 1.44 bits per heavy atom. The summed E-state index contributed by atoms with van der Waals surface area (Å²) in [4.78, 5) is 10.2. The fraction of sp³-hybridized carbons (Fsp3) is 0.769. The number of carboxylic acids is 1. The molecular weight excluding hydrogens is 204 g/mol. The molecular formula is C13H24O3. The Balaban J connectivity index is 2.98. The highest BCUT2D eigenvalue weighted by molar-refractivity contribution is 5.66. The van der Waals surface area contributed by atoms with E-state index in [2.05, 4.69) is 0 Å². The van der Waals surface area contributed by atoms with E-state index in [1.165, 1.54) is 25.7 Å². The third-order valence-electron chi connectivity index (χ3n) is 2.53. The fourth-order valence-corrected chi connectivity index (χ4v) is 1.61. The van der Waals surface area contributed by atoms with Crippen molar-refractivity contribution in [3.8, 4) is 0 Å². The van der Waals surface area contributed by atoms with Crippen LogP contribution in [0.25, 0.3) is 0 Å². The second kappa shape index (κ2) is 12.2. The number of aliphatic hydroxyl groups excluding tert-OH is 1. The van der Waals surface area contributed by atoms with Crippen LogP contribution in [0.2, 0.25) is 0 Å². The molecule has 0 saturated carbocycles. The molecule has 2 N–H and O–H groups in total. The van der Waals surface area contributed by atoms with Gasteiger partial charge in [0.15, 0.2) is 0 Å². The quantitative estimate of drug-likeness (QED) is 0.422. The van der Waals surface area contributed by atoms with Crippen LogP contribution >= 0.6 is 0 Å². The van der Waals surface area contributed by atoms with Crippen LogP contribution in [0.4, 0.5) is 0 Å². The number of aliphatic carboxylic acids is 1. The van der Waals surface area contributed by atoms with Crippen LogP contribution < -0.4 is 0 Å². The number of rotatable bonds is 11. The SMILES string of the molecule is O=C(O)CCCCCCCCC/C=C\CO. The molecule has 0 aromatic rings. The van der Waals surface area contributed by atoms with Crippen molar-refractivity contribution in [3.63, 3.8) is 0 Å². The van der Waals surface area contributed by atoms with E-state index in [0.717, 1.165) is 25.7 Å². The molecule has 0 aromatic heterocycles. The molecule has 3 nitrogen and oxygen atoms in total. The van der Waals surface area contributed by atoms with Gasteiger partial charge in [-0.25, -0.2) is 0 Å². The largest absolute Gasteiger partial charge is 0.481 e. The minimum absolute atomic E-state index is 0.142. The Kier molecular flexibility index (Phi) is 11.6. The third kappa shape index (κ3) is 13.2. The van der Waals surface area contributed by atoms with E-state index in [9.17, 15) is 4.79 Å². The molecule has 0 heterocycles. The summed E-state index contributed by atoms with van der Waals surface area (Å²) in [5, 5.41) is 16.9. The molecule has 0 saturated heterocycles. The number of hydrogen-bond acceptors (Lipinski definition) is 2. The van der Waals surface area contributed by atoms with Gasteiger partial charge in [-0.3, -0.25) is 4.79 Å². The first-order valence-corrected chi connectivity index (χ1v) is 6.25. The number of allylic oxidation sites excluding steroid dienone is 1. The van der Waals surface area contributed by atoms with Crippen LogP contribution in [0.3, 0.4) is 0 Å². The topological polar surface area (TPSA) is 57.5 Å². The molecule has 16 heavy (non-hydrogen) atoms. The van der Waals surface area contributed by atoms with Gasteiger partial charge in [-0.15, -0.1) is 0 Å². The Bertz CT molecular complexity index is 188. The molecule has 3 heteroatoms. The number of carboxylic acid groups (broad SMARTS) is 1. The number of carbonyl (C=O) groups is 1. The minimum Gasteiger partial charge on any atom is -0.481 e. The normalized spacial score (nSPS) is 11.1. The van der Waals surface area contributed by atoms with Gasteiger partial charge < -0.3 is 10.2 Å². The summed E-state index contributed by atoms with van der Waals surface area (Å²) in [6.07, 6.45) is 13.0. The lowest BCUT2D eigenvalue weighted by atomic mass is 10.1. The summed E-state index contributed by atoms with van der Waals surface area (Å²) >= 11 is 0. The summed E-state index contributed by atoms with van der Waals surface area (Å²) in [5.74, 6) is -0.685. The molecule has 0 aliphatic rings. The van der Waals surface area contributed by atoms with E-state index < -0.39 is 5.97 Å². The van der Waals surface area contributed by atoms with Gasteiger partial charge >= 0.3 is 5.97 Å². The summed E-state index contributed by atoms with van der Waals surface area (Å²) < 4.78 is 0. The molecule has 0 spiro atoms. The third-order valence-corrected chi connectivity index (χ3v) is 2.53. The molecule has 0 atom stereocenters. The first-order valence-electron chi connectivity index (χ1n) is 6.25. The number of hydrogen-bond donors (Lipinski definition) is 2. The molecule has 0 aliphatic heterocycles. The molecule has 0 rings (SSSR count). The van der Waals surface area contributed by atoms with E-state index in [4.69, 9.17) is 10.2 Å². The smallest absolute Gasteiger partial charge is 0.303 e. The van der Waals surface area contributed by atoms with E-state index in [1.807, 2.05) is 6.08 Å². The van der Waals surface area contributed by atoms with Crippen LogP contribution in [0.15, 0.2) is 12.2 Å². The first kappa shape index (κ1) is 15.2. The van der Waals surface area contributed by atoms with Gasteiger partial charge in [-0.05, 0) is 19.3 Å². The molecule has 0 aliphatic carbocycles. The molecule has 0 unspecified atom stereocenters. The van der Waals surface area contributed by atoms with Gasteiger partial charge in [0.2, 0.25) is 0 Å². The number of aliphatic hydroxyl groups is 1. The zero-order chi connectivity index (χ0) is 12.1. The Morgan fingerprint density at radius 1 is 0.875 bits per heavy atom. The van der Waals surface area contributed by atoms with Crippen molar-refractivity contribution in [2.24, 2.45) is 0 Å². The van der Waals surface area contributed by atoms with Crippen LogP contribution in [-0.2, 0) is 4.79 Å². The molecule has 0 bridgehead atoms. The summed E-state index contributed by atoms with van der Waals surface area (Å²) in [6.45, 7) is 0.142. The molecule has 0 aromatic carbocycles.